The Hall–Kier alpha value is -1.00. The van der Waals surface area contributed by atoms with E-state index in [4.69, 9.17) is 0 Å². The van der Waals surface area contributed by atoms with Gasteiger partial charge in [-0.15, -0.1) is 0 Å². The summed E-state index contributed by atoms with van der Waals surface area (Å²) in [6.07, 6.45) is 2.99. The van der Waals surface area contributed by atoms with Gasteiger partial charge in [0.1, 0.15) is 0 Å². The SMILES string of the molecule is O=C(CC1CSCCN1)N(Cc1ccccc1)C1CC1. The van der Waals surface area contributed by atoms with E-state index in [1.807, 2.05) is 30.0 Å². The van der Waals surface area contributed by atoms with Crippen LogP contribution in [0.1, 0.15) is 24.8 Å². The lowest BCUT2D eigenvalue weighted by atomic mass is 10.1. The summed E-state index contributed by atoms with van der Waals surface area (Å²) in [4.78, 5) is 14.7. The molecule has 2 aliphatic rings. The van der Waals surface area contributed by atoms with Crippen molar-refractivity contribution in [1.82, 2.24) is 10.2 Å². The molecule has 1 saturated carbocycles. The molecule has 1 amide bonds. The zero-order chi connectivity index (χ0) is 13.8. The number of carbonyl (C=O) groups is 1. The van der Waals surface area contributed by atoms with Crippen LogP contribution in [0.3, 0.4) is 0 Å². The second-order valence-electron chi connectivity index (χ2n) is 5.67. The number of amides is 1. The third kappa shape index (κ3) is 3.76. The molecule has 1 aromatic carbocycles. The Kier molecular flexibility index (Phi) is 4.63. The summed E-state index contributed by atoms with van der Waals surface area (Å²) >= 11 is 1.95. The zero-order valence-corrected chi connectivity index (χ0v) is 12.6. The van der Waals surface area contributed by atoms with E-state index in [0.717, 1.165) is 18.8 Å². The molecular formula is C16H22N2OS. The number of thioether (sulfide) groups is 1. The van der Waals surface area contributed by atoms with E-state index in [0.29, 0.717) is 24.4 Å². The normalized spacial score (nSPS) is 22.5. The summed E-state index contributed by atoms with van der Waals surface area (Å²) in [7, 11) is 0. The Balaban J connectivity index is 1.59. The Labute approximate surface area is 125 Å². The molecule has 0 bridgehead atoms. The summed E-state index contributed by atoms with van der Waals surface area (Å²) in [5, 5.41) is 3.46. The first-order valence-electron chi connectivity index (χ1n) is 7.47. The van der Waals surface area contributed by atoms with Crippen LogP contribution in [0.25, 0.3) is 0 Å². The van der Waals surface area contributed by atoms with Gasteiger partial charge < -0.3 is 10.2 Å². The van der Waals surface area contributed by atoms with Crippen LogP contribution >= 0.6 is 11.8 Å². The minimum atomic E-state index is 0.316. The second kappa shape index (κ2) is 6.64. The maximum atomic E-state index is 12.6. The molecule has 1 N–H and O–H groups in total. The molecule has 1 aromatic rings. The number of rotatable bonds is 5. The lowest BCUT2D eigenvalue weighted by Gasteiger charge is -2.27. The average molecular weight is 290 g/mol. The standard InChI is InChI=1S/C16H22N2OS/c19-16(10-14-12-20-9-8-17-14)18(15-6-7-15)11-13-4-2-1-3-5-13/h1-5,14-15,17H,6-12H2. The highest BCUT2D eigenvalue weighted by molar-refractivity contribution is 7.99. The smallest absolute Gasteiger partial charge is 0.224 e. The third-order valence-electron chi connectivity index (χ3n) is 3.92. The topological polar surface area (TPSA) is 32.3 Å². The van der Waals surface area contributed by atoms with E-state index in [9.17, 15) is 4.79 Å². The first-order valence-corrected chi connectivity index (χ1v) is 8.63. The number of nitrogens with one attached hydrogen (secondary N) is 1. The van der Waals surface area contributed by atoms with Crippen LogP contribution in [0.5, 0.6) is 0 Å². The van der Waals surface area contributed by atoms with Gasteiger partial charge in [-0.1, -0.05) is 30.3 Å². The van der Waals surface area contributed by atoms with Crippen LogP contribution in [0.4, 0.5) is 0 Å². The van der Waals surface area contributed by atoms with Crippen LogP contribution in [0.2, 0.25) is 0 Å². The largest absolute Gasteiger partial charge is 0.335 e. The number of nitrogens with zero attached hydrogens (tertiary/aromatic N) is 1. The van der Waals surface area contributed by atoms with Crippen molar-refractivity contribution in [3.8, 4) is 0 Å². The molecule has 1 aliphatic carbocycles. The van der Waals surface area contributed by atoms with Crippen molar-refractivity contribution in [2.75, 3.05) is 18.1 Å². The molecule has 3 nitrogen and oxygen atoms in total. The lowest BCUT2D eigenvalue weighted by Crippen LogP contribution is -2.43. The highest BCUT2D eigenvalue weighted by Crippen LogP contribution is 2.29. The Bertz CT molecular complexity index is 441. The minimum Gasteiger partial charge on any atom is -0.335 e. The molecule has 0 spiro atoms. The summed E-state index contributed by atoms with van der Waals surface area (Å²) in [5.41, 5.74) is 1.23. The summed E-state index contributed by atoms with van der Waals surface area (Å²) in [6, 6.07) is 11.2. The highest BCUT2D eigenvalue weighted by Gasteiger charge is 2.33. The predicted octanol–water partition coefficient (Wildman–Crippen LogP) is 2.27. The van der Waals surface area contributed by atoms with Gasteiger partial charge in [-0.3, -0.25) is 4.79 Å². The molecule has 108 valence electrons. The molecule has 4 heteroatoms. The second-order valence-corrected chi connectivity index (χ2v) is 6.82. The van der Waals surface area contributed by atoms with Gasteiger partial charge in [0.25, 0.3) is 0 Å². The van der Waals surface area contributed by atoms with E-state index in [1.165, 1.54) is 24.2 Å². The fourth-order valence-corrected chi connectivity index (χ4v) is 3.62. The van der Waals surface area contributed by atoms with E-state index in [2.05, 4.69) is 22.3 Å². The van der Waals surface area contributed by atoms with E-state index < -0.39 is 0 Å². The van der Waals surface area contributed by atoms with Gasteiger partial charge in [0.2, 0.25) is 5.91 Å². The van der Waals surface area contributed by atoms with Gasteiger partial charge in [-0.25, -0.2) is 0 Å². The molecule has 0 radical (unpaired) electrons. The Morgan fingerprint density at radius 2 is 2.10 bits per heavy atom. The maximum Gasteiger partial charge on any atom is 0.224 e. The Morgan fingerprint density at radius 1 is 1.30 bits per heavy atom. The summed E-state index contributed by atoms with van der Waals surface area (Å²) in [6.45, 7) is 1.80. The summed E-state index contributed by atoms with van der Waals surface area (Å²) in [5.74, 6) is 2.55. The highest BCUT2D eigenvalue weighted by atomic mass is 32.2. The van der Waals surface area contributed by atoms with Gasteiger partial charge >= 0.3 is 0 Å². The van der Waals surface area contributed by atoms with Crippen LogP contribution in [0.15, 0.2) is 30.3 Å². The number of hydrogen-bond acceptors (Lipinski definition) is 3. The molecule has 3 rings (SSSR count). The fraction of sp³-hybridized carbons (Fsp3) is 0.562. The van der Waals surface area contributed by atoms with Crippen molar-refractivity contribution in [3.05, 3.63) is 35.9 Å². The fourth-order valence-electron chi connectivity index (χ4n) is 2.67. The number of benzene rings is 1. The van der Waals surface area contributed by atoms with E-state index in [-0.39, 0.29) is 0 Å². The maximum absolute atomic E-state index is 12.6. The molecule has 1 atom stereocenters. The number of carbonyl (C=O) groups excluding carboxylic acids is 1. The molecule has 1 saturated heterocycles. The van der Waals surface area contributed by atoms with E-state index >= 15 is 0 Å². The number of hydrogen-bond donors (Lipinski definition) is 1. The van der Waals surface area contributed by atoms with Crippen molar-refractivity contribution < 1.29 is 4.79 Å². The van der Waals surface area contributed by atoms with Gasteiger partial charge in [0.15, 0.2) is 0 Å². The van der Waals surface area contributed by atoms with Crippen molar-refractivity contribution in [2.45, 2.75) is 37.9 Å². The third-order valence-corrected chi connectivity index (χ3v) is 5.05. The molecule has 2 fully saturated rings. The molecule has 20 heavy (non-hydrogen) atoms. The molecule has 1 aliphatic heterocycles. The zero-order valence-electron chi connectivity index (χ0n) is 11.8. The van der Waals surface area contributed by atoms with Crippen molar-refractivity contribution in [1.29, 1.82) is 0 Å². The van der Waals surface area contributed by atoms with Crippen LogP contribution in [0, 0.1) is 0 Å². The first-order chi connectivity index (χ1) is 9.83. The molecule has 0 aromatic heterocycles. The van der Waals surface area contributed by atoms with Crippen LogP contribution < -0.4 is 5.32 Å². The van der Waals surface area contributed by atoms with Gasteiger partial charge in [-0.2, -0.15) is 11.8 Å². The average Bonchev–Trinajstić information content (AvgIpc) is 3.31. The molecule has 1 heterocycles. The first kappa shape index (κ1) is 14.0. The summed E-state index contributed by atoms with van der Waals surface area (Å²) < 4.78 is 0. The minimum absolute atomic E-state index is 0.316. The molecular weight excluding hydrogens is 268 g/mol. The van der Waals surface area contributed by atoms with E-state index in [1.54, 1.807) is 0 Å². The monoisotopic (exact) mass is 290 g/mol. The quantitative estimate of drug-likeness (QED) is 0.903. The van der Waals surface area contributed by atoms with Gasteiger partial charge in [0, 0.05) is 43.1 Å². The Morgan fingerprint density at radius 3 is 2.75 bits per heavy atom. The van der Waals surface area contributed by atoms with Gasteiger partial charge in [0.05, 0.1) is 0 Å². The van der Waals surface area contributed by atoms with Gasteiger partial charge in [-0.05, 0) is 18.4 Å². The van der Waals surface area contributed by atoms with Crippen molar-refractivity contribution in [2.24, 2.45) is 0 Å². The predicted molar refractivity (Wildman–Crippen MR) is 83.7 cm³/mol. The van der Waals surface area contributed by atoms with Crippen LogP contribution in [-0.2, 0) is 11.3 Å². The van der Waals surface area contributed by atoms with Crippen LogP contribution in [-0.4, -0.2) is 40.9 Å². The van der Waals surface area contributed by atoms with Crippen molar-refractivity contribution in [3.63, 3.8) is 0 Å². The molecule has 1 unspecified atom stereocenters. The van der Waals surface area contributed by atoms with Crippen molar-refractivity contribution >= 4 is 17.7 Å². The lowest BCUT2D eigenvalue weighted by molar-refractivity contribution is -0.132.